The molecule has 0 aromatic heterocycles. The largest absolute Gasteiger partial charge is 0.368 e. The smallest absolute Gasteiger partial charge is 0.0789 e. The SMILES string of the molecule is CCC1CCN(C2CC(C)(C)OC2(C)C)C(CN)C1. The van der Waals surface area contributed by atoms with Gasteiger partial charge in [-0.05, 0) is 59.4 Å². The lowest BCUT2D eigenvalue weighted by Gasteiger charge is -2.45. The molecular formula is C16H32N2O. The number of piperidine rings is 1. The molecule has 0 aromatic carbocycles. The van der Waals surface area contributed by atoms with Crippen LogP contribution in [-0.4, -0.2) is 41.3 Å². The Balaban J connectivity index is 2.12. The summed E-state index contributed by atoms with van der Waals surface area (Å²) in [4.78, 5) is 2.65. The maximum Gasteiger partial charge on any atom is 0.0789 e. The molecule has 2 heterocycles. The monoisotopic (exact) mass is 268 g/mol. The maximum absolute atomic E-state index is 6.27. The number of nitrogens with zero attached hydrogens (tertiary/aromatic N) is 1. The third-order valence-electron chi connectivity index (χ3n) is 5.15. The molecule has 0 saturated carbocycles. The molecular weight excluding hydrogens is 236 g/mol. The zero-order valence-corrected chi connectivity index (χ0v) is 13.4. The number of hydrogen-bond acceptors (Lipinski definition) is 3. The molecule has 2 aliphatic rings. The molecule has 112 valence electrons. The van der Waals surface area contributed by atoms with Crippen LogP contribution in [0, 0.1) is 5.92 Å². The molecule has 3 unspecified atom stereocenters. The average molecular weight is 268 g/mol. The summed E-state index contributed by atoms with van der Waals surface area (Å²) in [7, 11) is 0. The minimum Gasteiger partial charge on any atom is -0.368 e. The first-order valence-corrected chi connectivity index (χ1v) is 7.95. The molecule has 2 N–H and O–H groups in total. The van der Waals surface area contributed by atoms with Crippen molar-refractivity contribution in [2.45, 2.75) is 83.6 Å². The zero-order chi connectivity index (χ0) is 14.3. The van der Waals surface area contributed by atoms with E-state index in [1.807, 2.05) is 0 Å². The van der Waals surface area contributed by atoms with Crippen molar-refractivity contribution in [3.05, 3.63) is 0 Å². The Morgan fingerprint density at radius 1 is 1.26 bits per heavy atom. The number of hydrogen-bond donors (Lipinski definition) is 1. The lowest BCUT2D eigenvalue weighted by molar-refractivity contribution is -0.0879. The lowest BCUT2D eigenvalue weighted by Crippen LogP contribution is -2.56. The molecule has 0 aromatic rings. The Kier molecular flexibility index (Phi) is 4.29. The van der Waals surface area contributed by atoms with Crippen LogP contribution in [-0.2, 0) is 4.74 Å². The van der Waals surface area contributed by atoms with Crippen molar-refractivity contribution >= 4 is 0 Å². The van der Waals surface area contributed by atoms with Gasteiger partial charge in [-0.25, -0.2) is 0 Å². The first kappa shape index (κ1) is 15.3. The number of rotatable bonds is 3. The van der Waals surface area contributed by atoms with E-state index in [1.165, 1.54) is 25.8 Å². The van der Waals surface area contributed by atoms with Gasteiger partial charge >= 0.3 is 0 Å². The molecule has 3 heteroatoms. The maximum atomic E-state index is 6.27. The Hall–Kier alpha value is -0.120. The molecule has 0 radical (unpaired) electrons. The fraction of sp³-hybridized carbons (Fsp3) is 1.00. The highest BCUT2D eigenvalue weighted by molar-refractivity contribution is 5.02. The molecule has 2 saturated heterocycles. The Bertz CT molecular complexity index is 314. The second-order valence-corrected chi connectivity index (χ2v) is 7.61. The molecule has 19 heavy (non-hydrogen) atoms. The van der Waals surface area contributed by atoms with Crippen LogP contribution in [0.1, 0.15) is 60.3 Å². The lowest BCUT2D eigenvalue weighted by atomic mass is 9.84. The summed E-state index contributed by atoms with van der Waals surface area (Å²) >= 11 is 0. The van der Waals surface area contributed by atoms with Crippen molar-refractivity contribution in [2.75, 3.05) is 13.1 Å². The predicted octanol–water partition coefficient (Wildman–Crippen LogP) is 2.78. The van der Waals surface area contributed by atoms with E-state index in [0.29, 0.717) is 12.1 Å². The quantitative estimate of drug-likeness (QED) is 0.855. The first-order chi connectivity index (χ1) is 8.79. The van der Waals surface area contributed by atoms with Crippen LogP contribution in [0.3, 0.4) is 0 Å². The Morgan fingerprint density at radius 3 is 2.42 bits per heavy atom. The second kappa shape index (κ2) is 5.34. The normalized spacial score (nSPS) is 38.5. The number of ether oxygens (including phenoxy) is 1. The van der Waals surface area contributed by atoms with E-state index in [2.05, 4.69) is 39.5 Å². The minimum atomic E-state index is -0.0596. The summed E-state index contributed by atoms with van der Waals surface area (Å²) in [6, 6.07) is 1.05. The summed E-state index contributed by atoms with van der Waals surface area (Å²) in [6.07, 6.45) is 4.99. The summed E-state index contributed by atoms with van der Waals surface area (Å²) in [5, 5.41) is 0. The highest BCUT2D eigenvalue weighted by atomic mass is 16.5. The van der Waals surface area contributed by atoms with Gasteiger partial charge in [0.15, 0.2) is 0 Å². The summed E-state index contributed by atoms with van der Waals surface area (Å²) in [6.45, 7) is 13.2. The van der Waals surface area contributed by atoms with Gasteiger partial charge in [-0.3, -0.25) is 4.90 Å². The highest BCUT2D eigenvalue weighted by Crippen LogP contribution is 2.42. The number of nitrogens with two attached hydrogens (primary N) is 1. The van der Waals surface area contributed by atoms with Crippen molar-refractivity contribution in [3.8, 4) is 0 Å². The van der Waals surface area contributed by atoms with Crippen LogP contribution >= 0.6 is 0 Å². The van der Waals surface area contributed by atoms with Gasteiger partial charge < -0.3 is 10.5 Å². The van der Waals surface area contributed by atoms with E-state index in [4.69, 9.17) is 10.5 Å². The van der Waals surface area contributed by atoms with Crippen molar-refractivity contribution < 1.29 is 4.74 Å². The molecule has 0 bridgehead atoms. The standard InChI is InChI=1S/C16H32N2O/c1-6-12-7-8-18(13(9-12)11-17)14-10-15(2,3)19-16(14,4)5/h12-14H,6-11,17H2,1-5H3. The zero-order valence-electron chi connectivity index (χ0n) is 13.4. The fourth-order valence-electron chi connectivity index (χ4n) is 4.21. The van der Waals surface area contributed by atoms with Crippen LogP contribution in [0.15, 0.2) is 0 Å². The molecule has 2 fully saturated rings. The third kappa shape index (κ3) is 3.14. The van der Waals surface area contributed by atoms with Crippen LogP contribution in [0.5, 0.6) is 0 Å². The molecule has 2 aliphatic heterocycles. The topological polar surface area (TPSA) is 38.5 Å². The Morgan fingerprint density at radius 2 is 1.95 bits per heavy atom. The van der Waals surface area contributed by atoms with E-state index in [1.54, 1.807) is 0 Å². The van der Waals surface area contributed by atoms with Gasteiger partial charge in [-0.2, -0.15) is 0 Å². The van der Waals surface area contributed by atoms with E-state index >= 15 is 0 Å². The van der Waals surface area contributed by atoms with Crippen LogP contribution in [0.25, 0.3) is 0 Å². The van der Waals surface area contributed by atoms with Gasteiger partial charge in [0, 0.05) is 18.6 Å². The van der Waals surface area contributed by atoms with Crippen LogP contribution in [0.4, 0.5) is 0 Å². The Labute approximate surface area is 118 Å². The van der Waals surface area contributed by atoms with Crippen LogP contribution < -0.4 is 5.73 Å². The van der Waals surface area contributed by atoms with Crippen molar-refractivity contribution in [1.82, 2.24) is 4.90 Å². The molecule has 0 aliphatic carbocycles. The van der Waals surface area contributed by atoms with Gasteiger partial charge in [0.05, 0.1) is 11.2 Å². The molecule has 0 amide bonds. The predicted molar refractivity (Wildman–Crippen MR) is 80.2 cm³/mol. The number of likely N-dealkylation sites (tertiary alicyclic amines) is 1. The summed E-state index contributed by atoms with van der Waals surface area (Å²) < 4.78 is 6.27. The van der Waals surface area contributed by atoms with E-state index in [9.17, 15) is 0 Å². The molecule has 2 rings (SSSR count). The van der Waals surface area contributed by atoms with Gasteiger partial charge in [-0.15, -0.1) is 0 Å². The van der Waals surface area contributed by atoms with Crippen LogP contribution in [0.2, 0.25) is 0 Å². The van der Waals surface area contributed by atoms with Crippen molar-refractivity contribution in [3.63, 3.8) is 0 Å². The van der Waals surface area contributed by atoms with Gasteiger partial charge in [-0.1, -0.05) is 13.3 Å². The molecule has 3 atom stereocenters. The third-order valence-corrected chi connectivity index (χ3v) is 5.15. The minimum absolute atomic E-state index is 0.00504. The van der Waals surface area contributed by atoms with Crippen molar-refractivity contribution in [2.24, 2.45) is 11.7 Å². The summed E-state index contributed by atoms with van der Waals surface area (Å²) in [5.74, 6) is 0.864. The van der Waals surface area contributed by atoms with E-state index in [0.717, 1.165) is 18.9 Å². The molecule has 0 spiro atoms. The van der Waals surface area contributed by atoms with Gasteiger partial charge in [0.2, 0.25) is 0 Å². The highest BCUT2D eigenvalue weighted by Gasteiger charge is 2.50. The van der Waals surface area contributed by atoms with Gasteiger partial charge in [0.25, 0.3) is 0 Å². The van der Waals surface area contributed by atoms with E-state index in [-0.39, 0.29) is 11.2 Å². The van der Waals surface area contributed by atoms with E-state index < -0.39 is 0 Å². The van der Waals surface area contributed by atoms with Crippen molar-refractivity contribution in [1.29, 1.82) is 0 Å². The second-order valence-electron chi connectivity index (χ2n) is 7.61. The fourth-order valence-corrected chi connectivity index (χ4v) is 4.21. The molecule has 3 nitrogen and oxygen atoms in total. The summed E-state index contributed by atoms with van der Waals surface area (Å²) in [5.41, 5.74) is 5.99. The average Bonchev–Trinajstić information content (AvgIpc) is 2.56. The first-order valence-electron chi connectivity index (χ1n) is 7.95. The van der Waals surface area contributed by atoms with Gasteiger partial charge in [0.1, 0.15) is 0 Å².